The Hall–Kier alpha value is -0.720. The number of rotatable bonds is 2. The smallest absolute Gasteiger partial charge is 0.194 e. The topological polar surface area (TPSA) is 29.3 Å². The van der Waals surface area contributed by atoms with E-state index < -0.39 is 23.5 Å². The number of likely N-dealkylation sites (N-methyl/N-ethyl adjacent to an activating group) is 1. The molecule has 1 aliphatic heterocycles. The first-order chi connectivity index (χ1) is 8.52. The van der Waals surface area contributed by atoms with Gasteiger partial charge in [-0.1, -0.05) is 6.07 Å². The molecule has 6 heteroatoms. The van der Waals surface area contributed by atoms with Crippen LogP contribution in [0.15, 0.2) is 12.1 Å². The van der Waals surface area contributed by atoms with Crippen LogP contribution in [0.4, 0.5) is 13.2 Å². The number of nitrogens with two attached hydrogens (primary N) is 1. The molecular formula is C12H15F3N2S. The third kappa shape index (κ3) is 2.50. The maximum atomic E-state index is 13.7. The van der Waals surface area contributed by atoms with Crippen molar-refractivity contribution in [2.24, 2.45) is 5.73 Å². The van der Waals surface area contributed by atoms with Gasteiger partial charge in [0.2, 0.25) is 0 Å². The highest BCUT2D eigenvalue weighted by atomic mass is 32.2. The van der Waals surface area contributed by atoms with Gasteiger partial charge in [-0.3, -0.25) is 4.90 Å². The minimum atomic E-state index is -1.45. The minimum absolute atomic E-state index is 0.0354. The second-order valence-electron chi connectivity index (χ2n) is 4.41. The van der Waals surface area contributed by atoms with Gasteiger partial charge < -0.3 is 5.73 Å². The maximum absolute atomic E-state index is 13.7. The predicted molar refractivity (Wildman–Crippen MR) is 67.0 cm³/mol. The van der Waals surface area contributed by atoms with Crippen LogP contribution in [0, 0.1) is 17.5 Å². The van der Waals surface area contributed by atoms with Crippen molar-refractivity contribution in [1.82, 2.24) is 4.90 Å². The van der Waals surface area contributed by atoms with Gasteiger partial charge in [0, 0.05) is 35.7 Å². The number of hydrogen-bond acceptors (Lipinski definition) is 3. The summed E-state index contributed by atoms with van der Waals surface area (Å²) in [4.78, 5) is 2.03. The quantitative estimate of drug-likeness (QED) is 0.839. The molecule has 2 rings (SSSR count). The molecule has 1 aliphatic rings. The molecule has 100 valence electrons. The fraction of sp³-hybridized carbons (Fsp3) is 0.500. The molecule has 0 aliphatic carbocycles. The Labute approximate surface area is 108 Å². The van der Waals surface area contributed by atoms with Gasteiger partial charge in [0.25, 0.3) is 0 Å². The summed E-state index contributed by atoms with van der Waals surface area (Å²) < 4.78 is 39.7. The van der Waals surface area contributed by atoms with Gasteiger partial charge >= 0.3 is 0 Å². The summed E-state index contributed by atoms with van der Waals surface area (Å²) in [6.07, 6.45) is 0. The lowest BCUT2D eigenvalue weighted by Crippen LogP contribution is -2.46. The minimum Gasteiger partial charge on any atom is -0.323 e. The van der Waals surface area contributed by atoms with E-state index >= 15 is 0 Å². The molecule has 1 aromatic carbocycles. The summed E-state index contributed by atoms with van der Waals surface area (Å²) in [6.45, 7) is 0.855. The molecule has 0 saturated carbocycles. The summed E-state index contributed by atoms with van der Waals surface area (Å²) in [5.41, 5.74) is 6.03. The molecule has 0 radical (unpaired) electrons. The second-order valence-corrected chi connectivity index (χ2v) is 5.56. The van der Waals surface area contributed by atoms with Crippen molar-refractivity contribution in [2.75, 3.05) is 25.1 Å². The lowest BCUT2D eigenvalue weighted by molar-refractivity contribution is 0.234. The summed E-state index contributed by atoms with van der Waals surface area (Å²) in [6, 6.07) is 1.43. The van der Waals surface area contributed by atoms with Crippen molar-refractivity contribution in [3.8, 4) is 0 Å². The van der Waals surface area contributed by atoms with Gasteiger partial charge in [0.15, 0.2) is 17.5 Å². The van der Waals surface area contributed by atoms with E-state index in [4.69, 9.17) is 5.73 Å². The van der Waals surface area contributed by atoms with E-state index in [1.165, 1.54) is 6.07 Å². The first-order valence-electron chi connectivity index (χ1n) is 5.69. The van der Waals surface area contributed by atoms with E-state index in [0.717, 1.165) is 24.1 Å². The molecule has 1 heterocycles. The zero-order valence-electron chi connectivity index (χ0n) is 10.00. The standard InChI is InChI=1S/C12H15F3N2S/c1-17-4-5-18-6-9(17)12(16)7-2-3-8(13)11(15)10(7)14/h2-3,9,12H,4-6,16H2,1H3. The Morgan fingerprint density at radius 3 is 2.72 bits per heavy atom. The van der Waals surface area contributed by atoms with Crippen LogP contribution in [0.2, 0.25) is 0 Å². The first-order valence-corrected chi connectivity index (χ1v) is 6.84. The average Bonchev–Trinajstić information content (AvgIpc) is 2.36. The Morgan fingerprint density at radius 2 is 2.06 bits per heavy atom. The van der Waals surface area contributed by atoms with Crippen molar-refractivity contribution in [2.45, 2.75) is 12.1 Å². The zero-order valence-corrected chi connectivity index (χ0v) is 10.8. The number of benzene rings is 1. The highest BCUT2D eigenvalue weighted by molar-refractivity contribution is 7.99. The molecule has 2 nitrogen and oxygen atoms in total. The second kappa shape index (κ2) is 5.50. The van der Waals surface area contributed by atoms with Crippen LogP contribution in [0.5, 0.6) is 0 Å². The Bertz CT molecular complexity index is 442. The van der Waals surface area contributed by atoms with E-state index in [-0.39, 0.29) is 11.6 Å². The summed E-state index contributed by atoms with van der Waals surface area (Å²) >= 11 is 1.73. The Kier molecular flexibility index (Phi) is 4.19. The van der Waals surface area contributed by atoms with Gasteiger partial charge in [0.05, 0.1) is 0 Å². The summed E-state index contributed by atoms with van der Waals surface area (Å²) in [5.74, 6) is -2.05. The van der Waals surface area contributed by atoms with E-state index in [0.29, 0.717) is 0 Å². The van der Waals surface area contributed by atoms with E-state index in [1.807, 2.05) is 11.9 Å². The Balaban J connectivity index is 2.28. The van der Waals surface area contributed by atoms with E-state index in [9.17, 15) is 13.2 Å². The van der Waals surface area contributed by atoms with E-state index in [2.05, 4.69) is 0 Å². The SMILES string of the molecule is CN1CCSCC1C(N)c1ccc(F)c(F)c1F. The molecule has 18 heavy (non-hydrogen) atoms. The molecule has 0 bridgehead atoms. The van der Waals surface area contributed by atoms with Crippen LogP contribution in [0.3, 0.4) is 0 Å². The van der Waals surface area contributed by atoms with Gasteiger partial charge in [-0.2, -0.15) is 11.8 Å². The zero-order chi connectivity index (χ0) is 13.3. The van der Waals surface area contributed by atoms with Crippen molar-refractivity contribution in [3.63, 3.8) is 0 Å². The van der Waals surface area contributed by atoms with Crippen molar-refractivity contribution < 1.29 is 13.2 Å². The number of nitrogens with zero attached hydrogens (tertiary/aromatic N) is 1. The number of thioether (sulfide) groups is 1. The van der Waals surface area contributed by atoms with Crippen molar-refractivity contribution in [3.05, 3.63) is 35.1 Å². The molecule has 2 N–H and O–H groups in total. The van der Waals surface area contributed by atoms with Crippen LogP contribution < -0.4 is 5.73 Å². The predicted octanol–water partition coefficient (Wildman–Crippen LogP) is 2.15. The van der Waals surface area contributed by atoms with Gasteiger partial charge in [-0.15, -0.1) is 0 Å². The fourth-order valence-electron chi connectivity index (χ4n) is 2.09. The highest BCUT2D eigenvalue weighted by Gasteiger charge is 2.29. The van der Waals surface area contributed by atoms with Crippen LogP contribution in [-0.4, -0.2) is 36.0 Å². The molecule has 0 aromatic heterocycles. The Morgan fingerprint density at radius 1 is 1.33 bits per heavy atom. The van der Waals surface area contributed by atoms with Crippen LogP contribution in [0.25, 0.3) is 0 Å². The van der Waals surface area contributed by atoms with Gasteiger partial charge in [-0.25, -0.2) is 13.2 Å². The van der Waals surface area contributed by atoms with E-state index in [1.54, 1.807) is 11.8 Å². The number of hydrogen-bond donors (Lipinski definition) is 1. The number of halogens is 3. The normalized spacial score (nSPS) is 23.1. The molecular weight excluding hydrogens is 261 g/mol. The van der Waals surface area contributed by atoms with Crippen LogP contribution in [0.1, 0.15) is 11.6 Å². The van der Waals surface area contributed by atoms with Crippen molar-refractivity contribution >= 4 is 11.8 Å². The summed E-state index contributed by atoms with van der Waals surface area (Å²) in [7, 11) is 1.90. The maximum Gasteiger partial charge on any atom is 0.194 e. The van der Waals surface area contributed by atoms with Gasteiger partial charge in [0.1, 0.15) is 0 Å². The van der Waals surface area contributed by atoms with Crippen LogP contribution >= 0.6 is 11.8 Å². The van der Waals surface area contributed by atoms with Gasteiger partial charge in [-0.05, 0) is 13.1 Å². The molecule has 1 aromatic rings. The highest BCUT2D eigenvalue weighted by Crippen LogP contribution is 2.28. The lowest BCUT2D eigenvalue weighted by Gasteiger charge is -2.36. The molecule has 0 amide bonds. The third-order valence-electron chi connectivity index (χ3n) is 3.28. The first kappa shape index (κ1) is 13.7. The largest absolute Gasteiger partial charge is 0.323 e. The molecule has 1 fully saturated rings. The third-order valence-corrected chi connectivity index (χ3v) is 4.33. The van der Waals surface area contributed by atoms with Crippen LogP contribution in [-0.2, 0) is 0 Å². The molecule has 1 saturated heterocycles. The molecule has 0 spiro atoms. The van der Waals surface area contributed by atoms with Crippen molar-refractivity contribution in [1.29, 1.82) is 0 Å². The molecule has 2 atom stereocenters. The fourth-order valence-corrected chi connectivity index (χ4v) is 3.38. The monoisotopic (exact) mass is 276 g/mol. The average molecular weight is 276 g/mol. The lowest BCUT2D eigenvalue weighted by atomic mass is 9.99. The summed E-state index contributed by atoms with van der Waals surface area (Å²) in [5, 5.41) is 0. The molecule has 2 unspecified atom stereocenters.